The first-order valence-electron chi connectivity index (χ1n) is 7.19. The standard InChI is InChI=1S/C18H19NO3S/c1-4-10-19(17(20)5-2)15(18(21)22-3)11-13-12-23-16-9-7-6-8-14(13)16/h4-9,12,15H,1-2,10-11H2,3H3/t15-/m1/s1. The third-order valence-electron chi connectivity index (χ3n) is 3.61. The molecule has 0 saturated carbocycles. The summed E-state index contributed by atoms with van der Waals surface area (Å²) < 4.78 is 6.05. The maximum absolute atomic E-state index is 12.2. The van der Waals surface area contributed by atoms with Gasteiger partial charge in [0.15, 0.2) is 0 Å². The number of amides is 1. The molecule has 1 atom stereocenters. The Morgan fingerprint density at radius 2 is 2.09 bits per heavy atom. The van der Waals surface area contributed by atoms with Gasteiger partial charge in [0.2, 0.25) is 5.91 Å². The van der Waals surface area contributed by atoms with Gasteiger partial charge in [-0.2, -0.15) is 0 Å². The lowest BCUT2D eigenvalue weighted by molar-refractivity contribution is -0.150. The zero-order chi connectivity index (χ0) is 16.8. The second kappa shape index (κ2) is 7.74. The monoisotopic (exact) mass is 329 g/mol. The molecule has 2 rings (SSSR count). The number of carbonyl (C=O) groups excluding carboxylic acids is 2. The van der Waals surface area contributed by atoms with Crippen LogP contribution in [0.3, 0.4) is 0 Å². The lowest BCUT2D eigenvalue weighted by atomic mass is 10.0. The second-order valence-electron chi connectivity index (χ2n) is 4.98. The van der Waals surface area contributed by atoms with E-state index in [-0.39, 0.29) is 12.5 Å². The summed E-state index contributed by atoms with van der Waals surface area (Å²) in [4.78, 5) is 25.8. The summed E-state index contributed by atoms with van der Waals surface area (Å²) >= 11 is 1.62. The Morgan fingerprint density at radius 1 is 1.35 bits per heavy atom. The van der Waals surface area contributed by atoms with Crippen molar-refractivity contribution in [1.29, 1.82) is 0 Å². The van der Waals surface area contributed by atoms with Gasteiger partial charge in [0.05, 0.1) is 7.11 Å². The Balaban J connectivity index is 2.38. The number of rotatable bonds is 7. The number of methoxy groups -OCH3 is 1. The van der Waals surface area contributed by atoms with E-state index in [0.717, 1.165) is 15.6 Å². The molecule has 0 N–H and O–H groups in total. The zero-order valence-electron chi connectivity index (χ0n) is 13.0. The number of ether oxygens (including phenoxy) is 1. The molecule has 0 aliphatic heterocycles. The van der Waals surface area contributed by atoms with Crippen molar-refractivity contribution in [3.63, 3.8) is 0 Å². The van der Waals surface area contributed by atoms with Gasteiger partial charge < -0.3 is 9.64 Å². The molecule has 23 heavy (non-hydrogen) atoms. The molecule has 120 valence electrons. The Kier molecular flexibility index (Phi) is 5.71. The SMILES string of the molecule is C=CCN(C(=O)C=C)[C@H](Cc1csc2ccccc12)C(=O)OC. The maximum atomic E-state index is 12.2. The van der Waals surface area contributed by atoms with Gasteiger partial charge in [0.25, 0.3) is 0 Å². The second-order valence-corrected chi connectivity index (χ2v) is 5.89. The van der Waals surface area contributed by atoms with Gasteiger partial charge in [-0.15, -0.1) is 17.9 Å². The molecule has 1 amide bonds. The van der Waals surface area contributed by atoms with Crippen LogP contribution in [0.4, 0.5) is 0 Å². The quantitative estimate of drug-likeness (QED) is 0.445. The molecule has 1 aromatic heterocycles. The zero-order valence-corrected chi connectivity index (χ0v) is 13.8. The first kappa shape index (κ1) is 17.0. The van der Waals surface area contributed by atoms with Crippen molar-refractivity contribution in [2.75, 3.05) is 13.7 Å². The highest BCUT2D eigenvalue weighted by molar-refractivity contribution is 7.17. The van der Waals surface area contributed by atoms with Gasteiger partial charge in [-0.05, 0) is 28.5 Å². The van der Waals surface area contributed by atoms with E-state index in [1.54, 1.807) is 17.4 Å². The minimum atomic E-state index is -0.707. The van der Waals surface area contributed by atoms with E-state index in [2.05, 4.69) is 13.2 Å². The number of thiophene rings is 1. The van der Waals surface area contributed by atoms with Crippen LogP contribution in [0.2, 0.25) is 0 Å². The van der Waals surface area contributed by atoms with Gasteiger partial charge in [0.1, 0.15) is 6.04 Å². The van der Waals surface area contributed by atoms with E-state index < -0.39 is 12.0 Å². The Hall–Kier alpha value is -2.40. The molecule has 0 spiro atoms. The van der Waals surface area contributed by atoms with Crippen molar-refractivity contribution in [3.05, 3.63) is 60.5 Å². The first-order chi connectivity index (χ1) is 11.1. The van der Waals surface area contributed by atoms with E-state index in [1.807, 2.05) is 29.6 Å². The summed E-state index contributed by atoms with van der Waals surface area (Å²) in [6.45, 7) is 7.41. The van der Waals surface area contributed by atoms with Crippen LogP contribution in [-0.4, -0.2) is 36.5 Å². The fraction of sp³-hybridized carbons (Fsp3) is 0.222. The van der Waals surface area contributed by atoms with Crippen LogP contribution in [0, 0.1) is 0 Å². The predicted molar refractivity (Wildman–Crippen MR) is 93.4 cm³/mol. The summed E-state index contributed by atoms with van der Waals surface area (Å²) in [6, 6.07) is 7.28. The third-order valence-corrected chi connectivity index (χ3v) is 4.62. The highest BCUT2D eigenvalue weighted by atomic mass is 32.1. The maximum Gasteiger partial charge on any atom is 0.328 e. The highest BCUT2D eigenvalue weighted by Crippen LogP contribution is 2.27. The molecule has 0 radical (unpaired) electrons. The molecular formula is C18H19NO3S. The number of hydrogen-bond donors (Lipinski definition) is 0. The van der Waals surface area contributed by atoms with Crippen LogP contribution in [0.15, 0.2) is 55.0 Å². The predicted octanol–water partition coefficient (Wildman–Crippen LogP) is 3.19. The summed E-state index contributed by atoms with van der Waals surface area (Å²) in [5.41, 5.74) is 1.02. The van der Waals surface area contributed by atoms with Gasteiger partial charge >= 0.3 is 5.97 Å². The smallest absolute Gasteiger partial charge is 0.328 e. The van der Waals surface area contributed by atoms with Gasteiger partial charge in [0, 0.05) is 17.7 Å². The molecule has 0 bridgehead atoms. The van der Waals surface area contributed by atoms with Crippen LogP contribution < -0.4 is 0 Å². The number of benzene rings is 1. The molecule has 0 aliphatic carbocycles. The Labute approximate surface area is 139 Å². The van der Waals surface area contributed by atoms with E-state index in [0.29, 0.717) is 6.42 Å². The summed E-state index contributed by atoms with van der Waals surface area (Å²) in [5, 5.41) is 3.11. The van der Waals surface area contributed by atoms with Crippen LogP contribution in [0.5, 0.6) is 0 Å². The summed E-state index contributed by atoms with van der Waals surface area (Å²) in [7, 11) is 1.32. The normalized spacial score (nSPS) is 11.7. The van der Waals surface area contributed by atoms with Gasteiger partial charge in [-0.1, -0.05) is 30.9 Å². The average Bonchev–Trinajstić information content (AvgIpc) is 2.99. The molecule has 2 aromatic rings. The average molecular weight is 329 g/mol. The third kappa shape index (κ3) is 3.68. The lowest BCUT2D eigenvalue weighted by Gasteiger charge is -2.28. The molecule has 0 fully saturated rings. The van der Waals surface area contributed by atoms with Crippen molar-refractivity contribution in [2.45, 2.75) is 12.5 Å². The van der Waals surface area contributed by atoms with E-state index >= 15 is 0 Å². The van der Waals surface area contributed by atoms with Crippen molar-refractivity contribution in [1.82, 2.24) is 4.90 Å². The molecule has 1 aromatic carbocycles. The molecule has 5 heteroatoms. The van der Waals surface area contributed by atoms with Gasteiger partial charge in [-0.3, -0.25) is 4.79 Å². The fourth-order valence-corrected chi connectivity index (χ4v) is 3.46. The number of nitrogens with zero attached hydrogens (tertiary/aromatic N) is 1. The largest absolute Gasteiger partial charge is 0.467 e. The number of carbonyl (C=O) groups is 2. The Bertz CT molecular complexity index is 735. The lowest BCUT2D eigenvalue weighted by Crippen LogP contribution is -2.46. The van der Waals surface area contributed by atoms with E-state index in [4.69, 9.17) is 4.74 Å². The van der Waals surface area contributed by atoms with E-state index in [9.17, 15) is 9.59 Å². The molecule has 0 aliphatic rings. The summed E-state index contributed by atoms with van der Waals surface area (Å²) in [6.07, 6.45) is 3.18. The first-order valence-corrected chi connectivity index (χ1v) is 8.07. The van der Waals surface area contributed by atoms with Crippen molar-refractivity contribution in [3.8, 4) is 0 Å². The van der Waals surface area contributed by atoms with Crippen molar-refractivity contribution < 1.29 is 14.3 Å². The fourth-order valence-electron chi connectivity index (χ4n) is 2.48. The molecular weight excluding hydrogens is 310 g/mol. The molecule has 0 unspecified atom stereocenters. The van der Waals surface area contributed by atoms with Crippen LogP contribution >= 0.6 is 11.3 Å². The van der Waals surface area contributed by atoms with Crippen molar-refractivity contribution >= 4 is 33.3 Å². The topological polar surface area (TPSA) is 46.6 Å². The number of fused-ring (bicyclic) bond motifs is 1. The molecule has 4 nitrogen and oxygen atoms in total. The van der Waals surface area contributed by atoms with Crippen LogP contribution in [0.1, 0.15) is 5.56 Å². The summed E-state index contributed by atoms with van der Waals surface area (Å²) in [5.74, 6) is -0.767. The molecule has 0 saturated heterocycles. The van der Waals surface area contributed by atoms with Crippen molar-refractivity contribution in [2.24, 2.45) is 0 Å². The number of hydrogen-bond acceptors (Lipinski definition) is 4. The van der Waals surface area contributed by atoms with Crippen LogP contribution in [0.25, 0.3) is 10.1 Å². The number of esters is 1. The van der Waals surface area contributed by atoms with Gasteiger partial charge in [-0.25, -0.2) is 4.79 Å². The Morgan fingerprint density at radius 3 is 2.74 bits per heavy atom. The molecule has 1 heterocycles. The minimum Gasteiger partial charge on any atom is -0.467 e. The highest BCUT2D eigenvalue weighted by Gasteiger charge is 2.29. The van der Waals surface area contributed by atoms with Crippen LogP contribution in [-0.2, 0) is 20.7 Å². The van der Waals surface area contributed by atoms with E-state index in [1.165, 1.54) is 18.1 Å². The minimum absolute atomic E-state index is 0.257.